The van der Waals surface area contributed by atoms with Gasteiger partial charge >= 0.3 is 5.97 Å². The summed E-state index contributed by atoms with van der Waals surface area (Å²) in [6.07, 6.45) is 3.92. The minimum Gasteiger partial charge on any atom is -0.481 e. The third-order valence-corrected chi connectivity index (χ3v) is 6.69. The van der Waals surface area contributed by atoms with E-state index in [2.05, 4.69) is 30.5 Å². The summed E-state index contributed by atoms with van der Waals surface area (Å²) >= 11 is 7.77. The van der Waals surface area contributed by atoms with E-state index in [9.17, 15) is 9.90 Å². The number of rotatable bonds is 4. The first-order chi connectivity index (χ1) is 16.3. The first-order valence-corrected chi connectivity index (χ1v) is 13.0. The van der Waals surface area contributed by atoms with Crippen LogP contribution in [0.4, 0.5) is 5.69 Å². The van der Waals surface area contributed by atoms with E-state index in [1.807, 2.05) is 37.4 Å². The van der Waals surface area contributed by atoms with Crippen molar-refractivity contribution in [1.29, 1.82) is 0 Å². The molecule has 0 unspecified atom stereocenters. The highest BCUT2D eigenvalue weighted by Crippen LogP contribution is 2.49. The number of aromatic nitrogens is 1. The number of hydrogen-bond donors (Lipinski definition) is 2. The van der Waals surface area contributed by atoms with Crippen molar-refractivity contribution in [1.82, 2.24) is 4.98 Å². The third kappa shape index (κ3) is 6.18. The lowest BCUT2D eigenvalue weighted by Crippen LogP contribution is -2.23. The number of benzene rings is 2. The van der Waals surface area contributed by atoms with Crippen molar-refractivity contribution in [2.75, 3.05) is 10.6 Å². The molecule has 2 N–H and O–H groups in total. The summed E-state index contributed by atoms with van der Waals surface area (Å²) in [5.74, 6) is -0.840. The highest BCUT2D eigenvalue weighted by Gasteiger charge is 2.31. The van der Waals surface area contributed by atoms with Crippen LogP contribution in [0.15, 0.2) is 36.5 Å². The maximum atomic E-state index is 11.8. The van der Waals surface area contributed by atoms with Crippen LogP contribution in [0.5, 0.6) is 0 Å². The summed E-state index contributed by atoms with van der Waals surface area (Å²) in [4.78, 5) is 16.6. The van der Waals surface area contributed by atoms with Gasteiger partial charge in [0.15, 0.2) is 0 Å². The fourth-order valence-corrected chi connectivity index (χ4v) is 5.20. The van der Waals surface area contributed by atoms with E-state index < -0.39 is 11.6 Å². The average molecular weight is 513 g/mol. The number of carbonyl (C=O) groups is 1. The number of carboxylic acids is 1. The molecule has 0 fully saturated rings. The van der Waals surface area contributed by atoms with E-state index in [1.165, 1.54) is 5.56 Å². The van der Waals surface area contributed by atoms with Gasteiger partial charge in [0.05, 0.1) is 29.9 Å². The second-order valence-corrected chi connectivity index (χ2v) is 11.1. The SMILES string of the molecule is CC(C)(C)O.CSN1Cc2cc(C)cnc2-c2c(C)c(-c3ccc(Cl)cc3)c(CC(=O)O)c(C)c21. The van der Waals surface area contributed by atoms with Gasteiger partial charge in [0.2, 0.25) is 0 Å². The van der Waals surface area contributed by atoms with E-state index in [4.69, 9.17) is 21.7 Å². The zero-order valence-corrected chi connectivity index (χ0v) is 22.9. The molecule has 35 heavy (non-hydrogen) atoms. The number of nitrogens with zero attached hydrogens (tertiary/aromatic N) is 2. The van der Waals surface area contributed by atoms with Crippen molar-refractivity contribution in [3.63, 3.8) is 0 Å². The monoisotopic (exact) mass is 512 g/mol. The van der Waals surface area contributed by atoms with Gasteiger partial charge in [0.1, 0.15) is 0 Å². The second-order valence-electron chi connectivity index (χ2n) is 9.81. The van der Waals surface area contributed by atoms with Crippen molar-refractivity contribution in [3.8, 4) is 22.4 Å². The summed E-state index contributed by atoms with van der Waals surface area (Å²) in [5.41, 5.74) is 9.76. The van der Waals surface area contributed by atoms with E-state index >= 15 is 0 Å². The number of halogens is 1. The Morgan fingerprint density at radius 1 is 1.11 bits per heavy atom. The van der Waals surface area contributed by atoms with E-state index in [1.54, 1.807) is 32.7 Å². The van der Waals surface area contributed by atoms with Gasteiger partial charge in [-0.3, -0.25) is 9.78 Å². The van der Waals surface area contributed by atoms with Gasteiger partial charge in [0.25, 0.3) is 0 Å². The van der Waals surface area contributed by atoms with Crippen LogP contribution in [-0.4, -0.2) is 33.0 Å². The Labute approximate surface area is 217 Å². The zero-order chi connectivity index (χ0) is 26.1. The molecule has 5 nitrogen and oxygen atoms in total. The van der Waals surface area contributed by atoms with E-state index in [0.717, 1.165) is 56.9 Å². The molecule has 4 rings (SSSR count). The van der Waals surface area contributed by atoms with Crippen LogP contribution in [-0.2, 0) is 17.8 Å². The first kappa shape index (κ1) is 27.1. The summed E-state index contributed by atoms with van der Waals surface area (Å²) in [5, 5.41) is 18.8. The summed E-state index contributed by atoms with van der Waals surface area (Å²) in [6, 6.07) is 9.80. The largest absolute Gasteiger partial charge is 0.481 e. The Kier molecular flexibility index (Phi) is 8.20. The number of carboxylic acid groups (broad SMARTS) is 1. The Morgan fingerprint density at radius 3 is 2.26 bits per heavy atom. The highest BCUT2D eigenvalue weighted by molar-refractivity contribution is 7.99. The highest BCUT2D eigenvalue weighted by atomic mass is 35.5. The lowest BCUT2D eigenvalue weighted by atomic mass is 9.82. The number of hydrogen-bond acceptors (Lipinski definition) is 5. The molecule has 3 aromatic rings. The maximum Gasteiger partial charge on any atom is 0.307 e. The summed E-state index contributed by atoms with van der Waals surface area (Å²) in [7, 11) is 0. The fourth-order valence-electron chi connectivity index (χ4n) is 4.39. The van der Waals surface area contributed by atoms with Crippen LogP contribution in [0.1, 0.15) is 48.6 Å². The maximum absolute atomic E-state index is 11.8. The molecule has 7 heteroatoms. The number of fused-ring (bicyclic) bond motifs is 3. The molecule has 2 aromatic carbocycles. The Hall–Kier alpha value is -2.54. The number of aryl methyl sites for hydroxylation is 1. The van der Waals surface area contributed by atoms with Crippen molar-refractivity contribution in [2.24, 2.45) is 0 Å². The Balaban J connectivity index is 0.000000623. The fraction of sp³-hybridized carbons (Fsp3) is 0.357. The minimum atomic E-state index is -0.840. The molecule has 2 heterocycles. The number of aliphatic carboxylic acids is 1. The second kappa shape index (κ2) is 10.6. The molecule has 0 aliphatic carbocycles. The number of anilines is 1. The first-order valence-electron chi connectivity index (χ1n) is 11.5. The molecule has 1 aliphatic rings. The minimum absolute atomic E-state index is 0.0334. The van der Waals surface area contributed by atoms with Crippen molar-refractivity contribution < 1.29 is 15.0 Å². The van der Waals surface area contributed by atoms with Crippen molar-refractivity contribution >= 4 is 35.2 Å². The smallest absolute Gasteiger partial charge is 0.307 e. The van der Waals surface area contributed by atoms with Crippen LogP contribution in [0, 0.1) is 20.8 Å². The lowest BCUT2D eigenvalue weighted by Gasteiger charge is -2.35. The molecule has 0 spiro atoms. The number of aliphatic hydroxyl groups is 1. The standard InChI is InChI=1S/C24H23ClN2O2S.C4H10O/c1-13-9-17-12-27(30-4)24-14(2)19(10-20(28)29)21(16-5-7-18(25)8-6-16)15(3)22(24)23(17)26-11-13;1-4(2,3)5/h5-9,11H,10,12H2,1-4H3,(H,28,29);5H,1-3H3. The molecule has 0 amide bonds. The normalized spacial score (nSPS) is 12.4. The van der Waals surface area contributed by atoms with Gasteiger partial charge in [-0.1, -0.05) is 41.7 Å². The van der Waals surface area contributed by atoms with Crippen molar-refractivity contribution in [3.05, 3.63) is 69.4 Å². The quantitative estimate of drug-likeness (QED) is 0.367. The topological polar surface area (TPSA) is 73.7 Å². The van der Waals surface area contributed by atoms with E-state index in [-0.39, 0.29) is 6.42 Å². The van der Waals surface area contributed by atoms with Crippen LogP contribution < -0.4 is 4.31 Å². The molecule has 0 saturated carbocycles. The molecule has 186 valence electrons. The van der Waals surface area contributed by atoms with Crippen LogP contribution in [0.3, 0.4) is 0 Å². The number of pyridine rings is 1. The zero-order valence-electron chi connectivity index (χ0n) is 21.4. The molecule has 1 aliphatic heterocycles. The predicted octanol–water partition coefficient (Wildman–Crippen LogP) is 7.00. The average Bonchev–Trinajstić information content (AvgIpc) is 2.75. The van der Waals surface area contributed by atoms with Crippen LogP contribution >= 0.6 is 23.5 Å². The lowest BCUT2D eigenvalue weighted by molar-refractivity contribution is -0.136. The molecular formula is C28H33ClN2O3S. The van der Waals surface area contributed by atoms with Gasteiger partial charge < -0.3 is 14.5 Å². The molecule has 0 saturated heterocycles. The van der Waals surface area contributed by atoms with Crippen LogP contribution in [0.2, 0.25) is 5.02 Å². The molecular weight excluding hydrogens is 480 g/mol. The van der Waals surface area contributed by atoms with Gasteiger partial charge in [-0.05, 0) is 92.6 Å². The predicted molar refractivity (Wildman–Crippen MR) is 147 cm³/mol. The third-order valence-electron chi connectivity index (χ3n) is 5.68. The van der Waals surface area contributed by atoms with Gasteiger partial charge in [-0.25, -0.2) is 0 Å². The van der Waals surface area contributed by atoms with Crippen LogP contribution in [0.25, 0.3) is 22.4 Å². The summed E-state index contributed by atoms with van der Waals surface area (Å²) < 4.78 is 2.25. The van der Waals surface area contributed by atoms with Crippen molar-refractivity contribution in [2.45, 2.75) is 60.1 Å². The van der Waals surface area contributed by atoms with Gasteiger partial charge in [-0.2, -0.15) is 0 Å². The molecule has 1 aromatic heterocycles. The summed E-state index contributed by atoms with van der Waals surface area (Å²) in [6.45, 7) is 12.1. The van der Waals surface area contributed by atoms with Gasteiger partial charge in [-0.15, -0.1) is 0 Å². The Bertz CT molecular complexity index is 1240. The molecule has 0 radical (unpaired) electrons. The van der Waals surface area contributed by atoms with E-state index in [0.29, 0.717) is 5.02 Å². The molecule has 0 atom stereocenters. The van der Waals surface area contributed by atoms with Gasteiger partial charge in [0, 0.05) is 23.0 Å². The Morgan fingerprint density at radius 2 is 1.71 bits per heavy atom. The molecule has 0 bridgehead atoms.